The fraction of sp³-hybridized carbons (Fsp3) is 0.385. The van der Waals surface area contributed by atoms with Gasteiger partial charge in [-0.1, -0.05) is 5.21 Å². The third-order valence-corrected chi connectivity index (χ3v) is 4.40. The predicted molar refractivity (Wildman–Crippen MR) is 88.7 cm³/mol. The van der Waals surface area contributed by atoms with Gasteiger partial charge in [-0.3, -0.25) is 0 Å². The number of amides is 1. The van der Waals surface area contributed by atoms with Crippen LogP contribution < -0.4 is 0 Å². The fourth-order valence-electron chi connectivity index (χ4n) is 2.77. The van der Waals surface area contributed by atoms with Crippen molar-refractivity contribution in [3.05, 3.63) is 23.8 Å². The Labute approximate surface area is 137 Å². The molecule has 1 aliphatic heterocycles. The van der Waals surface area contributed by atoms with E-state index in [1.54, 1.807) is 17.0 Å². The van der Waals surface area contributed by atoms with Crippen LogP contribution in [0, 0.1) is 0 Å². The Balaban J connectivity index is 1.79. The number of nitrogens with zero attached hydrogens (tertiary/aromatic N) is 4. The minimum atomic E-state index is -0.435. The zero-order valence-corrected chi connectivity index (χ0v) is 14.5. The van der Waals surface area contributed by atoms with Gasteiger partial charge in [0.15, 0.2) is 0 Å². The van der Waals surface area contributed by atoms with E-state index in [4.69, 9.17) is 0 Å². The second kappa shape index (κ2) is 6.77. The van der Waals surface area contributed by atoms with E-state index in [1.807, 2.05) is 29.7 Å². The monoisotopic (exact) mass is 354 g/mol. The number of fused-ring (bicyclic) bond motifs is 1. The van der Waals surface area contributed by atoms with Gasteiger partial charge in [-0.15, -0.1) is 5.10 Å². The van der Waals surface area contributed by atoms with Gasteiger partial charge in [0, 0.05) is 13.1 Å². The maximum atomic E-state index is 11.5. The van der Waals surface area contributed by atoms with Crippen molar-refractivity contribution in [2.75, 3.05) is 13.1 Å². The fourth-order valence-corrected chi connectivity index (χ4v) is 3.06. The average Bonchev–Trinajstić information content (AvgIpc) is 3.03. The number of benzene rings is 1. The molecule has 0 saturated carbocycles. The molecule has 1 amide bonds. The quantitative estimate of drug-likeness (QED) is 0.766. The summed E-state index contributed by atoms with van der Waals surface area (Å²) in [6.07, 6.45) is 1.21. The highest BCUT2D eigenvalue weighted by Crippen LogP contribution is 2.26. The predicted octanol–water partition coefficient (Wildman–Crippen LogP) is 1.94. The summed E-state index contributed by atoms with van der Waals surface area (Å²) >= 11 is 0. The summed E-state index contributed by atoms with van der Waals surface area (Å²) in [5.41, 5.74) is 1.93. The van der Waals surface area contributed by atoms with Gasteiger partial charge < -0.3 is 13.9 Å². The first-order valence-corrected chi connectivity index (χ1v) is 8.00. The molecular formula is C13H16N4O4P2. The second-order valence-corrected chi connectivity index (χ2v) is 5.72. The Kier molecular flexibility index (Phi) is 4.74. The first-order chi connectivity index (χ1) is 11.1. The van der Waals surface area contributed by atoms with Crippen molar-refractivity contribution in [3.8, 4) is 0 Å². The molecule has 1 aromatic carbocycles. The van der Waals surface area contributed by atoms with Crippen molar-refractivity contribution >= 4 is 42.0 Å². The summed E-state index contributed by atoms with van der Waals surface area (Å²) in [7, 11) is 3.91. The molecule has 0 N–H and O–H groups in total. The molecule has 2 heterocycles. The number of carbonyl (C=O) groups excluding carboxylic acids is 2. The van der Waals surface area contributed by atoms with Crippen molar-refractivity contribution in [2.45, 2.75) is 18.9 Å². The van der Waals surface area contributed by atoms with Crippen LogP contribution in [-0.4, -0.2) is 45.0 Å². The van der Waals surface area contributed by atoms with Crippen LogP contribution in [0.25, 0.3) is 11.0 Å². The Morgan fingerprint density at radius 2 is 1.91 bits per heavy atom. The molecule has 1 saturated heterocycles. The van der Waals surface area contributed by atoms with Gasteiger partial charge in [0.2, 0.25) is 0 Å². The van der Waals surface area contributed by atoms with Gasteiger partial charge in [0.05, 0.1) is 36.1 Å². The largest absolute Gasteiger partial charge is 0.448 e. The molecule has 8 nitrogen and oxygen atoms in total. The molecule has 122 valence electrons. The van der Waals surface area contributed by atoms with Gasteiger partial charge in [-0.2, -0.15) is 0 Å². The van der Waals surface area contributed by atoms with Gasteiger partial charge >= 0.3 is 12.1 Å². The Morgan fingerprint density at radius 3 is 2.57 bits per heavy atom. The molecule has 0 spiro atoms. The number of piperidine rings is 1. The lowest BCUT2D eigenvalue weighted by molar-refractivity contribution is 0.0765. The SMILES string of the molecule is O=C(OP)c1ccc2c(c1)nnn2C1CCN(C(=O)OP)CC1. The van der Waals surface area contributed by atoms with E-state index in [2.05, 4.69) is 19.4 Å². The smallest absolute Gasteiger partial charge is 0.411 e. The lowest BCUT2D eigenvalue weighted by Crippen LogP contribution is -2.38. The van der Waals surface area contributed by atoms with E-state index < -0.39 is 5.97 Å². The number of carbonyl (C=O) groups is 2. The number of hydrogen-bond acceptors (Lipinski definition) is 6. The van der Waals surface area contributed by atoms with E-state index in [0.29, 0.717) is 24.2 Å². The van der Waals surface area contributed by atoms with Gasteiger partial charge in [0.25, 0.3) is 0 Å². The first-order valence-electron chi connectivity index (χ1n) is 7.05. The molecule has 0 bridgehead atoms. The molecule has 1 fully saturated rings. The first kappa shape index (κ1) is 16.1. The van der Waals surface area contributed by atoms with Crippen molar-refractivity contribution < 1.29 is 18.6 Å². The summed E-state index contributed by atoms with van der Waals surface area (Å²) in [4.78, 5) is 24.7. The lowest BCUT2D eigenvalue weighted by Gasteiger charge is -2.30. The van der Waals surface area contributed by atoms with E-state index in [-0.39, 0.29) is 12.1 Å². The van der Waals surface area contributed by atoms with Gasteiger partial charge in [0.1, 0.15) is 5.52 Å². The molecule has 3 rings (SSSR count). The Morgan fingerprint density at radius 1 is 1.17 bits per heavy atom. The third-order valence-electron chi connectivity index (χ3n) is 3.98. The van der Waals surface area contributed by atoms with Crippen LogP contribution in [0.1, 0.15) is 29.2 Å². The molecule has 2 unspecified atom stereocenters. The number of hydrogen-bond donors (Lipinski definition) is 0. The normalized spacial score (nSPS) is 15.7. The summed E-state index contributed by atoms with van der Waals surface area (Å²) in [5.74, 6) is -0.435. The molecule has 0 aliphatic carbocycles. The molecule has 10 heteroatoms. The van der Waals surface area contributed by atoms with Crippen molar-refractivity contribution in [1.82, 2.24) is 19.9 Å². The van der Waals surface area contributed by atoms with Crippen molar-refractivity contribution in [1.29, 1.82) is 0 Å². The third kappa shape index (κ3) is 3.14. The second-order valence-electron chi connectivity index (χ2n) is 5.24. The molecule has 0 radical (unpaired) electrons. The molecule has 2 aromatic rings. The van der Waals surface area contributed by atoms with Crippen molar-refractivity contribution in [2.24, 2.45) is 0 Å². The van der Waals surface area contributed by atoms with Crippen molar-refractivity contribution in [3.63, 3.8) is 0 Å². The van der Waals surface area contributed by atoms with Crippen LogP contribution in [0.5, 0.6) is 0 Å². The number of aromatic nitrogens is 3. The summed E-state index contributed by atoms with van der Waals surface area (Å²) < 4.78 is 11.1. The van der Waals surface area contributed by atoms with Gasteiger partial charge in [-0.05, 0) is 31.0 Å². The highest BCUT2D eigenvalue weighted by molar-refractivity contribution is 7.11. The summed E-state index contributed by atoms with van der Waals surface area (Å²) in [6, 6.07) is 5.32. The van der Waals surface area contributed by atoms with E-state index in [9.17, 15) is 9.59 Å². The van der Waals surface area contributed by atoms with E-state index >= 15 is 0 Å². The zero-order valence-electron chi connectivity index (χ0n) is 12.2. The highest BCUT2D eigenvalue weighted by Gasteiger charge is 2.26. The van der Waals surface area contributed by atoms with E-state index in [1.165, 1.54) is 0 Å². The molecular weight excluding hydrogens is 338 g/mol. The van der Waals surface area contributed by atoms with Crippen LogP contribution in [0.3, 0.4) is 0 Å². The van der Waals surface area contributed by atoms with Crippen LogP contribution >= 0.6 is 18.9 Å². The van der Waals surface area contributed by atoms with Crippen LogP contribution in [0.2, 0.25) is 0 Å². The summed E-state index contributed by atoms with van der Waals surface area (Å²) in [5, 5.41) is 8.34. The lowest BCUT2D eigenvalue weighted by atomic mass is 10.1. The standard InChI is InChI=1S/C13H16N4O4P2/c18-12(20-22)8-1-2-11-10(7-8)14-15-17(11)9-3-5-16(6-4-9)13(19)21-23/h1-2,7,9H,3-6,22-23H2. The molecule has 23 heavy (non-hydrogen) atoms. The Hall–Kier alpha value is -1.78. The zero-order chi connectivity index (χ0) is 16.4. The average molecular weight is 354 g/mol. The summed E-state index contributed by atoms with van der Waals surface area (Å²) in [6.45, 7) is 1.22. The maximum Gasteiger partial charge on any atom is 0.411 e. The minimum Gasteiger partial charge on any atom is -0.448 e. The number of rotatable bonds is 2. The van der Waals surface area contributed by atoms with Crippen LogP contribution in [0.15, 0.2) is 18.2 Å². The molecule has 1 aliphatic rings. The Bertz CT molecular complexity index is 743. The molecule has 1 aromatic heterocycles. The van der Waals surface area contributed by atoms with E-state index in [0.717, 1.165) is 18.4 Å². The molecule has 2 atom stereocenters. The minimum absolute atomic E-state index is 0.160. The highest BCUT2D eigenvalue weighted by atomic mass is 31.0. The topological polar surface area (TPSA) is 86.5 Å². The maximum absolute atomic E-state index is 11.5. The van der Waals surface area contributed by atoms with Gasteiger partial charge in [-0.25, -0.2) is 14.3 Å². The van der Waals surface area contributed by atoms with Crippen LogP contribution in [-0.2, 0) is 9.05 Å². The van der Waals surface area contributed by atoms with Crippen LogP contribution in [0.4, 0.5) is 4.79 Å². The number of likely N-dealkylation sites (tertiary alicyclic amines) is 1.